The Bertz CT molecular complexity index is 548. The molecule has 1 aromatic rings. The predicted molar refractivity (Wildman–Crippen MR) is 103 cm³/mol. The fourth-order valence-corrected chi connectivity index (χ4v) is 4.25. The number of nitrogens with zero attached hydrogens (tertiary/aromatic N) is 1. The highest BCUT2D eigenvalue weighted by Gasteiger charge is 2.22. The minimum absolute atomic E-state index is 0.0309. The van der Waals surface area contributed by atoms with Gasteiger partial charge in [0, 0.05) is 12.2 Å². The zero-order chi connectivity index (χ0) is 17.5. The van der Waals surface area contributed by atoms with Crippen LogP contribution in [-0.2, 0) is 11.3 Å². The molecular weight excluding hydrogens is 310 g/mol. The average molecular weight is 344 g/mol. The quantitative estimate of drug-likeness (QED) is 0.823. The summed E-state index contributed by atoms with van der Waals surface area (Å²) in [5.74, 6) is 0.592. The average Bonchev–Trinajstić information content (AvgIpc) is 2.65. The highest BCUT2D eigenvalue weighted by molar-refractivity contribution is 5.95. The lowest BCUT2D eigenvalue weighted by atomic mass is 9.85. The van der Waals surface area contributed by atoms with Crippen LogP contribution in [0.3, 0.4) is 0 Å². The fraction of sp³-hybridized carbons (Fsp3) is 0.667. The second-order valence-electron chi connectivity index (χ2n) is 7.83. The van der Waals surface area contributed by atoms with Crippen LogP contribution in [0.5, 0.6) is 0 Å². The number of carbonyl (C=O) groups is 1. The van der Waals surface area contributed by atoms with Gasteiger partial charge in [0.1, 0.15) is 0 Å². The highest BCUT2D eigenvalue weighted by Crippen LogP contribution is 2.27. The van der Waals surface area contributed by atoms with Crippen molar-refractivity contribution in [1.29, 1.82) is 0 Å². The molecule has 1 amide bonds. The molecular formula is C21H33N3O. The fourth-order valence-electron chi connectivity index (χ4n) is 4.25. The Hall–Kier alpha value is -1.39. The molecule has 2 aliphatic rings. The number of hydrogen-bond acceptors (Lipinski definition) is 3. The molecule has 3 rings (SSSR count). The summed E-state index contributed by atoms with van der Waals surface area (Å²) in [6.07, 6.45) is 11.1. The van der Waals surface area contributed by atoms with Gasteiger partial charge < -0.3 is 11.1 Å². The van der Waals surface area contributed by atoms with Gasteiger partial charge in [-0.3, -0.25) is 9.69 Å². The zero-order valence-corrected chi connectivity index (χ0v) is 15.4. The van der Waals surface area contributed by atoms with E-state index >= 15 is 0 Å². The molecule has 138 valence electrons. The molecule has 1 aromatic carbocycles. The SMILES string of the molecule is N[C@@H](CC1CCCCC1)C(=O)Nc1ccccc1CN1CCCCC1. The molecule has 0 aromatic heterocycles. The van der Waals surface area contributed by atoms with Crippen LogP contribution in [0.15, 0.2) is 24.3 Å². The van der Waals surface area contributed by atoms with Crippen molar-refractivity contribution in [3.8, 4) is 0 Å². The van der Waals surface area contributed by atoms with E-state index in [4.69, 9.17) is 5.73 Å². The Morgan fingerprint density at radius 2 is 1.76 bits per heavy atom. The van der Waals surface area contributed by atoms with Crippen molar-refractivity contribution in [3.05, 3.63) is 29.8 Å². The first-order chi connectivity index (χ1) is 12.2. The number of rotatable bonds is 6. The molecule has 1 atom stereocenters. The van der Waals surface area contributed by atoms with Gasteiger partial charge in [0.15, 0.2) is 0 Å². The number of anilines is 1. The van der Waals surface area contributed by atoms with E-state index in [1.807, 2.05) is 12.1 Å². The molecule has 1 saturated heterocycles. The molecule has 1 saturated carbocycles. The van der Waals surface area contributed by atoms with Gasteiger partial charge in [-0.1, -0.05) is 56.7 Å². The lowest BCUT2D eigenvalue weighted by molar-refractivity contribution is -0.117. The van der Waals surface area contributed by atoms with Gasteiger partial charge in [-0.15, -0.1) is 0 Å². The smallest absolute Gasteiger partial charge is 0.241 e. The monoisotopic (exact) mass is 343 g/mol. The number of amides is 1. The van der Waals surface area contributed by atoms with Crippen LogP contribution >= 0.6 is 0 Å². The van der Waals surface area contributed by atoms with Crippen molar-refractivity contribution >= 4 is 11.6 Å². The first-order valence-corrected chi connectivity index (χ1v) is 10.1. The van der Waals surface area contributed by atoms with Gasteiger partial charge in [0.25, 0.3) is 0 Å². The molecule has 1 heterocycles. The molecule has 4 heteroatoms. The van der Waals surface area contributed by atoms with Gasteiger partial charge in [-0.25, -0.2) is 0 Å². The van der Waals surface area contributed by atoms with E-state index in [1.54, 1.807) is 0 Å². The van der Waals surface area contributed by atoms with E-state index in [1.165, 1.54) is 56.9 Å². The van der Waals surface area contributed by atoms with E-state index in [2.05, 4.69) is 22.3 Å². The Morgan fingerprint density at radius 1 is 1.08 bits per heavy atom. The maximum atomic E-state index is 12.6. The summed E-state index contributed by atoms with van der Waals surface area (Å²) in [6.45, 7) is 3.22. The number of nitrogens with two attached hydrogens (primary N) is 1. The van der Waals surface area contributed by atoms with Crippen molar-refractivity contribution in [2.45, 2.75) is 70.4 Å². The van der Waals surface area contributed by atoms with Crippen molar-refractivity contribution in [2.75, 3.05) is 18.4 Å². The summed E-state index contributed by atoms with van der Waals surface area (Å²) >= 11 is 0. The van der Waals surface area contributed by atoms with Crippen LogP contribution in [0.1, 0.15) is 63.4 Å². The number of para-hydroxylation sites is 1. The summed E-state index contributed by atoms with van der Waals surface area (Å²) in [4.78, 5) is 15.1. The third kappa shape index (κ3) is 5.55. The third-order valence-electron chi connectivity index (χ3n) is 5.77. The Labute approximate surface area is 152 Å². The molecule has 0 spiro atoms. The van der Waals surface area contributed by atoms with Crippen molar-refractivity contribution in [3.63, 3.8) is 0 Å². The van der Waals surface area contributed by atoms with Crippen LogP contribution in [-0.4, -0.2) is 29.9 Å². The Kier molecular flexibility index (Phi) is 6.88. The van der Waals surface area contributed by atoms with Crippen LogP contribution in [0, 0.1) is 5.92 Å². The molecule has 0 radical (unpaired) electrons. The lowest BCUT2D eigenvalue weighted by Gasteiger charge is -2.27. The van der Waals surface area contributed by atoms with E-state index < -0.39 is 6.04 Å². The first kappa shape index (κ1) is 18.4. The summed E-state index contributed by atoms with van der Waals surface area (Å²) in [7, 11) is 0. The normalized spacial score (nSPS) is 21.0. The number of nitrogens with one attached hydrogen (secondary N) is 1. The summed E-state index contributed by atoms with van der Waals surface area (Å²) in [5.41, 5.74) is 8.33. The topological polar surface area (TPSA) is 58.4 Å². The summed E-state index contributed by atoms with van der Waals surface area (Å²) < 4.78 is 0. The molecule has 1 aliphatic carbocycles. The highest BCUT2D eigenvalue weighted by atomic mass is 16.2. The van der Waals surface area contributed by atoms with Gasteiger partial charge in [-0.2, -0.15) is 0 Å². The van der Waals surface area contributed by atoms with E-state index in [-0.39, 0.29) is 5.91 Å². The van der Waals surface area contributed by atoms with E-state index in [0.29, 0.717) is 5.92 Å². The van der Waals surface area contributed by atoms with Crippen LogP contribution in [0.25, 0.3) is 0 Å². The largest absolute Gasteiger partial charge is 0.324 e. The minimum atomic E-state index is -0.397. The Balaban J connectivity index is 1.56. The molecule has 1 aliphatic heterocycles. The Morgan fingerprint density at radius 3 is 2.52 bits per heavy atom. The zero-order valence-electron chi connectivity index (χ0n) is 15.4. The molecule has 2 fully saturated rings. The van der Waals surface area contributed by atoms with Crippen molar-refractivity contribution in [1.82, 2.24) is 4.90 Å². The maximum absolute atomic E-state index is 12.6. The van der Waals surface area contributed by atoms with Gasteiger partial charge in [0.2, 0.25) is 5.91 Å². The number of piperidine rings is 1. The van der Waals surface area contributed by atoms with Crippen LogP contribution in [0.4, 0.5) is 5.69 Å². The number of benzene rings is 1. The van der Waals surface area contributed by atoms with Gasteiger partial charge >= 0.3 is 0 Å². The van der Waals surface area contributed by atoms with Crippen LogP contribution < -0.4 is 11.1 Å². The minimum Gasteiger partial charge on any atom is -0.324 e. The second kappa shape index (κ2) is 9.35. The molecule has 0 bridgehead atoms. The molecule has 3 N–H and O–H groups in total. The van der Waals surface area contributed by atoms with Gasteiger partial charge in [-0.05, 0) is 49.9 Å². The van der Waals surface area contributed by atoms with Crippen LogP contribution in [0.2, 0.25) is 0 Å². The maximum Gasteiger partial charge on any atom is 0.241 e. The summed E-state index contributed by atoms with van der Waals surface area (Å²) in [5, 5.41) is 3.10. The predicted octanol–water partition coefficient (Wildman–Crippen LogP) is 3.91. The number of carbonyl (C=O) groups excluding carboxylic acids is 1. The lowest BCUT2D eigenvalue weighted by Crippen LogP contribution is -2.38. The second-order valence-corrected chi connectivity index (χ2v) is 7.83. The standard InChI is InChI=1S/C21H33N3O/c22-19(15-17-9-3-1-4-10-17)21(25)23-20-12-6-5-11-18(20)16-24-13-7-2-8-14-24/h5-6,11-12,17,19H,1-4,7-10,13-16,22H2,(H,23,25)/t19-/m0/s1. The number of likely N-dealkylation sites (tertiary alicyclic amines) is 1. The van der Waals surface area contributed by atoms with Crippen molar-refractivity contribution < 1.29 is 4.79 Å². The number of hydrogen-bond donors (Lipinski definition) is 2. The van der Waals surface area contributed by atoms with E-state index in [0.717, 1.165) is 31.7 Å². The molecule has 0 unspecified atom stereocenters. The van der Waals surface area contributed by atoms with Gasteiger partial charge in [0.05, 0.1) is 6.04 Å². The molecule has 25 heavy (non-hydrogen) atoms. The summed E-state index contributed by atoms with van der Waals surface area (Å²) in [6, 6.07) is 7.77. The third-order valence-corrected chi connectivity index (χ3v) is 5.77. The molecule has 4 nitrogen and oxygen atoms in total. The first-order valence-electron chi connectivity index (χ1n) is 10.1. The van der Waals surface area contributed by atoms with Crippen molar-refractivity contribution in [2.24, 2.45) is 11.7 Å². The van der Waals surface area contributed by atoms with E-state index in [9.17, 15) is 4.79 Å².